The minimum Gasteiger partial charge on any atom is -0.327 e. The summed E-state index contributed by atoms with van der Waals surface area (Å²) in [6.45, 7) is 3.12. The molecule has 2 aromatic carbocycles. The molecule has 12 heteroatoms. The summed E-state index contributed by atoms with van der Waals surface area (Å²) in [6, 6.07) is 8.70. The van der Waals surface area contributed by atoms with Crippen molar-refractivity contribution >= 4 is 38.6 Å². The number of nitrogens with zero attached hydrogens (tertiary/aromatic N) is 5. The van der Waals surface area contributed by atoms with Crippen molar-refractivity contribution in [3.63, 3.8) is 0 Å². The molecular formula is C23H23N5O6S. The highest BCUT2D eigenvalue weighted by molar-refractivity contribution is 7.89. The molecule has 0 radical (unpaired) electrons. The lowest BCUT2D eigenvalue weighted by Gasteiger charge is -2.25. The number of sulfonamides is 1. The van der Waals surface area contributed by atoms with Crippen molar-refractivity contribution in [2.75, 3.05) is 13.1 Å². The molecule has 182 valence electrons. The Labute approximate surface area is 201 Å². The molecule has 0 saturated carbocycles. The molecule has 1 saturated heterocycles. The highest BCUT2D eigenvalue weighted by Gasteiger charge is 2.41. The summed E-state index contributed by atoms with van der Waals surface area (Å²) in [6.07, 6.45) is 2.67. The first-order chi connectivity index (χ1) is 16.7. The Balaban J connectivity index is 1.51. The van der Waals surface area contributed by atoms with Crippen molar-refractivity contribution in [1.82, 2.24) is 18.8 Å². The van der Waals surface area contributed by atoms with E-state index >= 15 is 0 Å². The zero-order chi connectivity index (χ0) is 24.9. The first-order valence-electron chi connectivity index (χ1n) is 11.4. The first kappa shape index (κ1) is 23.1. The van der Waals surface area contributed by atoms with E-state index in [1.165, 1.54) is 28.6 Å². The van der Waals surface area contributed by atoms with Gasteiger partial charge in [0.05, 0.1) is 33.0 Å². The Hall–Kier alpha value is -3.64. The first-order valence-corrected chi connectivity index (χ1v) is 12.8. The third-order valence-corrected chi connectivity index (χ3v) is 8.44. The maximum atomic E-state index is 13.1. The van der Waals surface area contributed by atoms with E-state index in [-0.39, 0.29) is 22.6 Å². The molecule has 1 fully saturated rings. The van der Waals surface area contributed by atoms with Crippen LogP contribution in [-0.2, 0) is 23.1 Å². The second-order valence-corrected chi connectivity index (χ2v) is 10.5. The molecule has 0 bridgehead atoms. The number of piperidine rings is 1. The minimum atomic E-state index is -3.65. The molecule has 3 heterocycles. The molecule has 0 atom stereocenters. The maximum Gasteiger partial charge on any atom is 0.282 e. The molecular weight excluding hydrogens is 474 g/mol. The van der Waals surface area contributed by atoms with E-state index in [4.69, 9.17) is 0 Å². The topological polar surface area (TPSA) is 136 Å². The van der Waals surface area contributed by atoms with Gasteiger partial charge in [-0.25, -0.2) is 13.4 Å². The average molecular weight is 498 g/mol. The standard InChI is InChI=1S/C23H23N5O6S/c1-2-26-18-10-9-15(35(33,34)25-11-4-3-5-12-25)13-17(18)24-20(26)14-27-22(29)16-7-6-8-19(28(31)32)21(16)23(27)30/h6-10,13H,2-5,11-12,14H2,1H3. The van der Waals surface area contributed by atoms with Crippen LogP contribution in [0.15, 0.2) is 41.3 Å². The van der Waals surface area contributed by atoms with Crippen molar-refractivity contribution in [2.45, 2.75) is 44.2 Å². The summed E-state index contributed by atoms with van der Waals surface area (Å²) < 4.78 is 29.5. The highest BCUT2D eigenvalue weighted by atomic mass is 32.2. The molecule has 2 amide bonds. The molecule has 0 unspecified atom stereocenters. The van der Waals surface area contributed by atoms with Gasteiger partial charge in [-0.2, -0.15) is 4.31 Å². The lowest BCUT2D eigenvalue weighted by molar-refractivity contribution is -0.385. The van der Waals surface area contributed by atoms with E-state index in [0.29, 0.717) is 36.5 Å². The lowest BCUT2D eigenvalue weighted by atomic mass is 10.1. The van der Waals surface area contributed by atoms with E-state index in [1.54, 1.807) is 16.7 Å². The van der Waals surface area contributed by atoms with Crippen molar-refractivity contribution in [3.05, 3.63) is 63.5 Å². The zero-order valence-corrected chi connectivity index (χ0v) is 19.8. The van der Waals surface area contributed by atoms with Crippen molar-refractivity contribution < 1.29 is 22.9 Å². The SMILES string of the molecule is CCn1c(CN2C(=O)c3cccc([N+](=O)[O-])c3C2=O)nc2cc(S(=O)(=O)N3CCCCC3)ccc21. The van der Waals surface area contributed by atoms with Crippen LogP contribution < -0.4 is 0 Å². The summed E-state index contributed by atoms with van der Waals surface area (Å²) in [5.41, 5.74) is 0.444. The van der Waals surface area contributed by atoms with Gasteiger partial charge in [0.25, 0.3) is 17.5 Å². The number of amides is 2. The van der Waals surface area contributed by atoms with Crippen LogP contribution in [0.3, 0.4) is 0 Å². The summed E-state index contributed by atoms with van der Waals surface area (Å²) in [4.78, 5) is 42.3. The van der Waals surface area contributed by atoms with E-state index in [1.807, 2.05) is 6.92 Å². The molecule has 11 nitrogen and oxygen atoms in total. The number of nitro benzene ring substituents is 1. The quantitative estimate of drug-likeness (QED) is 0.290. The van der Waals surface area contributed by atoms with Gasteiger partial charge in [0, 0.05) is 25.7 Å². The number of benzene rings is 2. The minimum absolute atomic E-state index is 0.0155. The maximum absolute atomic E-state index is 13.1. The fourth-order valence-corrected chi connectivity index (χ4v) is 6.34. The number of carbonyl (C=O) groups is 2. The van der Waals surface area contributed by atoms with Crippen LogP contribution in [0.2, 0.25) is 0 Å². The smallest absolute Gasteiger partial charge is 0.282 e. The van der Waals surface area contributed by atoms with Gasteiger partial charge in [-0.15, -0.1) is 0 Å². The molecule has 0 N–H and O–H groups in total. The Morgan fingerprint density at radius 2 is 1.80 bits per heavy atom. The predicted molar refractivity (Wildman–Crippen MR) is 125 cm³/mol. The summed E-state index contributed by atoms with van der Waals surface area (Å²) in [7, 11) is -3.65. The van der Waals surface area contributed by atoms with Gasteiger partial charge in [0.1, 0.15) is 11.4 Å². The number of imide groups is 1. The Bertz CT molecular complexity index is 1490. The van der Waals surface area contributed by atoms with Gasteiger partial charge >= 0.3 is 0 Å². The number of fused-ring (bicyclic) bond motifs is 2. The fourth-order valence-electron chi connectivity index (χ4n) is 4.80. The van der Waals surface area contributed by atoms with E-state index in [0.717, 1.165) is 24.2 Å². The van der Waals surface area contributed by atoms with Crippen molar-refractivity contribution in [1.29, 1.82) is 0 Å². The van der Waals surface area contributed by atoms with Crippen LogP contribution in [-0.4, -0.2) is 57.0 Å². The molecule has 1 aromatic heterocycles. The third kappa shape index (κ3) is 3.69. The van der Waals surface area contributed by atoms with E-state index < -0.39 is 32.4 Å². The van der Waals surface area contributed by atoms with Gasteiger partial charge < -0.3 is 4.57 Å². The molecule has 35 heavy (non-hydrogen) atoms. The van der Waals surface area contributed by atoms with Gasteiger partial charge in [-0.05, 0) is 44.0 Å². The highest BCUT2D eigenvalue weighted by Crippen LogP contribution is 2.32. The lowest BCUT2D eigenvalue weighted by Crippen LogP contribution is -2.35. The molecule has 2 aliphatic rings. The van der Waals surface area contributed by atoms with Crippen molar-refractivity contribution in [2.24, 2.45) is 0 Å². The van der Waals surface area contributed by atoms with E-state index in [2.05, 4.69) is 4.98 Å². The number of hydrogen-bond acceptors (Lipinski definition) is 7. The van der Waals surface area contributed by atoms with Crippen molar-refractivity contribution in [3.8, 4) is 0 Å². The van der Waals surface area contributed by atoms with Crippen LogP contribution in [0.5, 0.6) is 0 Å². The van der Waals surface area contributed by atoms with Crippen LogP contribution in [0.25, 0.3) is 11.0 Å². The van der Waals surface area contributed by atoms with Crippen LogP contribution in [0, 0.1) is 10.1 Å². The second kappa shape index (κ2) is 8.54. The number of hydrogen-bond donors (Lipinski definition) is 0. The van der Waals surface area contributed by atoms with Gasteiger partial charge in [-0.1, -0.05) is 12.5 Å². The molecule has 0 spiro atoms. The Morgan fingerprint density at radius 1 is 1.06 bits per heavy atom. The summed E-state index contributed by atoms with van der Waals surface area (Å²) in [5.74, 6) is -0.996. The summed E-state index contributed by atoms with van der Waals surface area (Å²) >= 11 is 0. The second-order valence-electron chi connectivity index (χ2n) is 8.54. The predicted octanol–water partition coefficient (Wildman–Crippen LogP) is 2.94. The van der Waals surface area contributed by atoms with Crippen LogP contribution >= 0.6 is 0 Å². The van der Waals surface area contributed by atoms with Gasteiger partial charge in [-0.3, -0.25) is 24.6 Å². The number of rotatable bonds is 6. The van der Waals surface area contributed by atoms with Crippen LogP contribution in [0.1, 0.15) is 52.7 Å². The van der Waals surface area contributed by atoms with Crippen LogP contribution in [0.4, 0.5) is 5.69 Å². The Kier molecular flexibility index (Phi) is 5.64. The largest absolute Gasteiger partial charge is 0.327 e. The average Bonchev–Trinajstić information content (AvgIpc) is 3.33. The van der Waals surface area contributed by atoms with E-state index in [9.17, 15) is 28.1 Å². The van der Waals surface area contributed by atoms with Gasteiger partial charge in [0.15, 0.2) is 0 Å². The van der Waals surface area contributed by atoms with Gasteiger partial charge in [0.2, 0.25) is 10.0 Å². The summed E-state index contributed by atoms with van der Waals surface area (Å²) in [5, 5.41) is 11.4. The molecule has 3 aromatic rings. The number of carbonyl (C=O) groups excluding carboxylic acids is 2. The molecule has 2 aliphatic heterocycles. The molecule has 0 aliphatic carbocycles. The number of imidazole rings is 1. The molecule has 5 rings (SSSR count). The zero-order valence-electron chi connectivity index (χ0n) is 19.0. The monoisotopic (exact) mass is 497 g/mol. The number of aromatic nitrogens is 2. The number of aryl methyl sites for hydroxylation is 1. The third-order valence-electron chi connectivity index (χ3n) is 6.54. The fraction of sp³-hybridized carbons (Fsp3) is 0.348. The normalized spacial score (nSPS) is 16.8. The number of nitro groups is 1. The Morgan fingerprint density at radius 3 is 2.49 bits per heavy atom.